The van der Waals surface area contributed by atoms with Gasteiger partial charge in [0, 0.05) is 23.0 Å². The Hall–Kier alpha value is -4.05. The van der Waals surface area contributed by atoms with Crippen molar-refractivity contribution in [2.75, 3.05) is 10.6 Å². The number of rotatable bonds is 7. The molecule has 0 atom stereocenters. The number of hydrogen-bond donors (Lipinski definition) is 2. The van der Waals surface area contributed by atoms with Gasteiger partial charge in [-0.25, -0.2) is 19.9 Å². The Balaban J connectivity index is 1.16. The van der Waals surface area contributed by atoms with Crippen molar-refractivity contribution in [1.29, 1.82) is 0 Å². The first-order valence-corrected chi connectivity index (χ1v) is 11.5. The molecule has 1 fully saturated rings. The SMILES string of the molecule is O=C(Cc1ncn2ccc(Cl)cc12)Nc1cncnc1NCc1cn2c(F)c(C3CC3)ccc2n1. The van der Waals surface area contributed by atoms with Gasteiger partial charge in [-0.3, -0.25) is 9.20 Å². The van der Waals surface area contributed by atoms with Crippen LogP contribution in [0.15, 0.2) is 55.5 Å². The summed E-state index contributed by atoms with van der Waals surface area (Å²) >= 11 is 6.08. The lowest BCUT2D eigenvalue weighted by Gasteiger charge is -2.10. The Labute approximate surface area is 204 Å². The molecule has 0 unspecified atom stereocenters. The molecule has 5 heterocycles. The van der Waals surface area contributed by atoms with Gasteiger partial charge in [0.2, 0.25) is 11.9 Å². The highest BCUT2D eigenvalue weighted by Crippen LogP contribution is 2.41. The molecule has 0 saturated heterocycles. The average Bonchev–Trinajstić information content (AvgIpc) is 3.48. The summed E-state index contributed by atoms with van der Waals surface area (Å²) in [5.74, 6) is 0.215. The van der Waals surface area contributed by atoms with E-state index in [1.54, 1.807) is 35.3 Å². The molecule has 5 aromatic rings. The number of imidazole rings is 2. The Bertz CT molecular complexity index is 1570. The van der Waals surface area contributed by atoms with Crippen molar-refractivity contribution in [3.63, 3.8) is 0 Å². The van der Waals surface area contributed by atoms with Crippen LogP contribution in [0.2, 0.25) is 5.02 Å². The standard InChI is InChI=1S/C24H20ClFN8O/c25-15-5-6-33-13-30-18(20(33)7-15)8-22(35)32-19-10-27-12-29-24(19)28-9-16-11-34-21(31-16)4-3-17(23(34)26)14-1-2-14/h3-7,10-14H,1-2,8-9H2,(H,32,35)(H,27,28,29). The fourth-order valence-electron chi connectivity index (χ4n) is 4.11. The summed E-state index contributed by atoms with van der Waals surface area (Å²) in [7, 11) is 0. The number of pyridine rings is 2. The fourth-order valence-corrected chi connectivity index (χ4v) is 4.27. The van der Waals surface area contributed by atoms with Crippen molar-refractivity contribution in [2.45, 2.75) is 31.7 Å². The highest BCUT2D eigenvalue weighted by Gasteiger charge is 2.27. The number of carbonyl (C=O) groups is 1. The number of nitrogens with zero attached hydrogens (tertiary/aromatic N) is 6. The number of amides is 1. The van der Waals surface area contributed by atoms with E-state index >= 15 is 0 Å². The highest BCUT2D eigenvalue weighted by atomic mass is 35.5. The maximum atomic E-state index is 14.8. The monoisotopic (exact) mass is 490 g/mol. The third kappa shape index (κ3) is 4.28. The van der Waals surface area contributed by atoms with Crippen LogP contribution in [0.5, 0.6) is 0 Å². The van der Waals surface area contributed by atoms with Gasteiger partial charge in [0.15, 0.2) is 5.82 Å². The van der Waals surface area contributed by atoms with Gasteiger partial charge in [0.25, 0.3) is 0 Å². The quantitative estimate of drug-likeness (QED) is 0.331. The second-order valence-corrected chi connectivity index (χ2v) is 8.94. The molecule has 35 heavy (non-hydrogen) atoms. The van der Waals surface area contributed by atoms with E-state index < -0.39 is 0 Å². The van der Waals surface area contributed by atoms with E-state index in [2.05, 4.69) is 30.6 Å². The summed E-state index contributed by atoms with van der Waals surface area (Å²) < 4.78 is 18.1. The van der Waals surface area contributed by atoms with Crippen LogP contribution in [0.25, 0.3) is 11.2 Å². The minimum Gasteiger partial charge on any atom is -0.363 e. The molecule has 1 aliphatic rings. The molecule has 6 rings (SSSR count). The van der Waals surface area contributed by atoms with Crippen LogP contribution in [0.3, 0.4) is 0 Å². The van der Waals surface area contributed by atoms with Gasteiger partial charge in [0.05, 0.1) is 42.4 Å². The minimum atomic E-state index is -0.272. The largest absolute Gasteiger partial charge is 0.363 e. The first-order valence-electron chi connectivity index (χ1n) is 11.2. The third-order valence-electron chi connectivity index (χ3n) is 5.99. The van der Waals surface area contributed by atoms with Gasteiger partial charge in [-0.05, 0) is 37.0 Å². The summed E-state index contributed by atoms with van der Waals surface area (Å²) in [4.78, 5) is 29.8. The van der Waals surface area contributed by atoms with E-state index in [1.165, 1.54) is 16.9 Å². The first-order chi connectivity index (χ1) is 17.0. The molecule has 0 aliphatic heterocycles. The molecular weight excluding hydrogens is 471 g/mol. The van der Waals surface area contributed by atoms with Crippen LogP contribution in [0.1, 0.15) is 35.7 Å². The number of nitrogens with one attached hydrogen (secondary N) is 2. The number of anilines is 2. The number of fused-ring (bicyclic) bond motifs is 2. The van der Waals surface area contributed by atoms with E-state index in [1.807, 2.05) is 12.1 Å². The van der Waals surface area contributed by atoms with Crippen LogP contribution in [-0.2, 0) is 17.8 Å². The summed E-state index contributed by atoms with van der Waals surface area (Å²) in [6.45, 7) is 0.296. The molecule has 1 saturated carbocycles. The molecule has 0 radical (unpaired) electrons. The van der Waals surface area contributed by atoms with Crippen molar-refractivity contribution < 1.29 is 9.18 Å². The van der Waals surface area contributed by atoms with Crippen molar-refractivity contribution in [3.8, 4) is 0 Å². The lowest BCUT2D eigenvalue weighted by atomic mass is 10.2. The normalized spacial score (nSPS) is 13.4. The lowest BCUT2D eigenvalue weighted by Crippen LogP contribution is -2.17. The van der Waals surface area contributed by atoms with Crippen molar-refractivity contribution in [3.05, 3.63) is 83.4 Å². The van der Waals surface area contributed by atoms with Gasteiger partial charge in [-0.1, -0.05) is 17.7 Å². The van der Waals surface area contributed by atoms with Crippen LogP contribution in [-0.4, -0.2) is 34.6 Å². The van der Waals surface area contributed by atoms with Crippen LogP contribution < -0.4 is 10.6 Å². The Morgan fingerprint density at radius 3 is 2.97 bits per heavy atom. The van der Waals surface area contributed by atoms with E-state index in [0.717, 1.165) is 23.9 Å². The zero-order valence-electron chi connectivity index (χ0n) is 18.4. The highest BCUT2D eigenvalue weighted by molar-refractivity contribution is 6.30. The molecule has 0 spiro atoms. The number of hydrogen-bond acceptors (Lipinski definition) is 6. The molecule has 1 amide bonds. The molecule has 9 nitrogen and oxygen atoms in total. The van der Waals surface area contributed by atoms with Gasteiger partial charge in [-0.2, -0.15) is 4.39 Å². The molecule has 1 aliphatic carbocycles. The van der Waals surface area contributed by atoms with Gasteiger partial charge < -0.3 is 15.0 Å². The van der Waals surface area contributed by atoms with Crippen LogP contribution in [0, 0.1) is 5.95 Å². The Morgan fingerprint density at radius 2 is 2.11 bits per heavy atom. The lowest BCUT2D eigenvalue weighted by molar-refractivity contribution is -0.115. The summed E-state index contributed by atoms with van der Waals surface area (Å²) in [6, 6.07) is 7.18. The van der Waals surface area contributed by atoms with Crippen LogP contribution >= 0.6 is 11.6 Å². The predicted molar refractivity (Wildman–Crippen MR) is 129 cm³/mol. The zero-order chi connectivity index (χ0) is 23.9. The maximum absolute atomic E-state index is 14.8. The van der Waals surface area contributed by atoms with Gasteiger partial charge >= 0.3 is 0 Å². The Morgan fingerprint density at radius 1 is 1.23 bits per heavy atom. The van der Waals surface area contributed by atoms with Crippen molar-refractivity contribution in [1.82, 2.24) is 28.7 Å². The smallest absolute Gasteiger partial charge is 0.230 e. The molecule has 2 N–H and O–H groups in total. The third-order valence-corrected chi connectivity index (χ3v) is 6.23. The Kier molecular flexibility index (Phi) is 5.29. The molecule has 0 aromatic carbocycles. The summed E-state index contributed by atoms with van der Waals surface area (Å²) in [5.41, 5.74) is 3.72. The minimum absolute atomic E-state index is 0.0558. The molecule has 11 heteroatoms. The zero-order valence-corrected chi connectivity index (χ0v) is 19.2. The predicted octanol–water partition coefficient (Wildman–Crippen LogP) is 4.24. The molecule has 176 valence electrons. The van der Waals surface area contributed by atoms with Crippen molar-refractivity contribution in [2.24, 2.45) is 0 Å². The summed E-state index contributed by atoms with van der Waals surface area (Å²) in [5, 5.41) is 6.56. The van der Waals surface area contributed by atoms with E-state index in [9.17, 15) is 9.18 Å². The topological polar surface area (TPSA) is 102 Å². The van der Waals surface area contributed by atoms with E-state index in [4.69, 9.17) is 11.6 Å². The molecular formula is C24H20ClFN8O. The molecule has 5 aromatic heterocycles. The van der Waals surface area contributed by atoms with Crippen LogP contribution in [0.4, 0.5) is 15.9 Å². The second kappa shape index (κ2) is 8.62. The van der Waals surface area contributed by atoms with Gasteiger partial charge in [0.1, 0.15) is 17.7 Å². The van der Waals surface area contributed by atoms with E-state index in [0.29, 0.717) is 46.0 Å². The van der Waals surface area contributed by atoms with Gasteiger partial charge in [-0.15, -0.1) is 0 Å². The fraction of sp³-hybridized carbons (Fsp3) is 0.208. The maximum Gasteiger partial charge on any atom is 0.230 e. The van der Waals surface area contributed by atoms with Crippen molar-refractivity contribution >= 4 is 40.2 Å². The first kappa shape index (κ1) is 21.5. The number of carbonyl (C=O) groups excluding carboxylic acids is 1. The van der Waals surface area contributed by atoms with E-state index in [-0.39, 0.29) is 18.3 Å². The average molecular weight is 491 g/mol. The number of aromatic nitrogens is 6. The molecule has 0 bridgehead atoms. The summed E-state index contributed by atoms with van der Waals surface area (Å²) in [6.07, 6.45) is 10.1. The number of halogens is 2. The second-order valence-electron chi connectivity index (χ2n) is 8.51.